The third kappa shape index (κ3) is 4.26. The van der Waals surface area contributed by atoms with Crippen LogP contribution in [0.4, 0.5) is 0 Å². The number of benzene rings is 1. The highest BCUT2D eigenvalue weighted by molar-refractivity contribution is 7.99. The van der Waals surface area contributed by atoms with E-state index in [0.29, 0.717) is 10.0 Å². The molecular weight excluding hydrogens is 223 g/mol. The first kappa shape index (κ1) is 11.2. The van der Waals surface area contributed by atoms with Gasteiger partial charge in [-0.2, -0.15) is 0 Å². The summed E-state index contributed by atoms with van der Waals surface area (Å²) < 4.78 is 0. The van der Waals surface area contributed by atoms with E-state index >= 15 is 0 Å². The van der Waals surface area contributed by atoms with Gasteiger partial charge in [0.15, 0.2) is 0 Å². The van der Waals surface area contributed by atoms with Crippen molar-refractivity contribution >= 4 is 35.0 Å². The minimum absolute atomic E-state index is 0.714. The standard InChI is InChI=1S/C10H12Cl2S/c1-2-3-4-13-10-6-8(11)5-9(12)7-10/h5-7H,2-4H2,1H3. The molecule has 0 aliphatic carbocycles. The van der Waals surface area contributed by atoms with Gasteiger partial charge in [0.2, 0.25) is 0 Å². The summed E-state index contributed by atoms with van der Waals surface area (Å²) in [5.74, 6) is 1.13. The van der Waals surface area contributed by atoms with E-state index in [1.807, 2.05) is 12.1 Å². The highest BCUT2D eigenvalue weighted by Gasteiger charge is 1.98. The molecule has 72 valence electrons. The molecule has 1 aromatic rings. The van der Waals surface area contributed by atoms with E-state index in [2.05, 4.69) is 6.92 Å². The zero-order valence-corrected chi connectivity index (χ0v) is 9.85. The van der Waals surface area contributed by atoms with Crippen molar-refractivity contribution in [2.75, 3.05) is 5.75 Å². The minimum atomic E-state index is 0.714. The maximum Gasteiger partial charge on any atom is 0.0431 e. The van der Waals surface area contributed by atoms with Gasteiger partial charge in [-0.1, -0.05) is 36.5 Å². The van der Waals surface area contributed by atoms with Gasteiger partial charge in [0.1, 0.15) is 0 Å². The molecule has 0 aliphatic heterocycles. The number of rotatable bonds is 4. The largest absolute Gasteiger partial charge is 0.126 e. The highest BCUT2D eigenvalue weighted by atomic mass is 35.5. The van der Waals surface area contributed by atoms with Crippen molar-refractivity contribution in [2.24, 2.45) is 0 Å². The molecule has 0 unspecified atom stereocenters. The van der Waals surface area contributed by atoms with Gasteiger partial charge in [0.25, 0.3) is 0 Å². The minimum Gasteiger partial charge on any atom is -0.126 e. The quantitative estimate of drug-likeness (QED) is 0.529. The number of halogens is 2. The van der Waals surface area contributed by atoms with E-state index in [0.717, 1.165) is 10.6 Å². The number of hydrogen-bond donors (Lipinski definition) is 0. The van der Waals surface area contributed by atoms with Crippen LogP contribution in [0.1, 0.15) is 19.8 Å². The van der Waals surface area contributed by atoms with E-state index in [1.165, 1.54) is 12.8 Å². The second-order valence-corrected chi connectivity index (χ2v) is 4.85. The van der Waals surface area contributed by atoms with Crippen molar-refractivity contribution in [1.29, 1.82) is 0 Å². The Morgan fingerprint density at radius 1 is 1.15 bits per heavy atom. The summed E-state index contributed by atoms with van der Waals surface area (Å²) in [6.07, 6.45) is 2.45. The van der Waals surface area contributed by atoms with Crippen molar-refractivity contribution in [1.82, 2.24) is 0 Å². The summed E-state index contributed by atoms with van der Waals surface area (Å²) >= 11 is 13.5. The Kier molecular flexibility index (Phi) is 5.00. The Bertz CT molecular complexity index is 253. The molecule has 0 saturated carbocycles. The predicted octanol–water partition coefficient (Wildman–Crippen LogP) is 4.89. The Balaban J connectivity index is 2.56. The summed E-state index contributed by atoms with van der Waals surface area (Å²) in [7, 11) is 0. The molecule has 0 atom stereocenters. The molecule has 0 N–H and O–H groups in total. The maximum atomic E-state index is 5.87. The van der Waals surface area contributed by atoms with E-state index in [4.69, 9.17) is 23.2 Å². The van der Waals surface area contributed by atoms with Crippen molar-refractivity contribution in [3.05, 3.63) is 28.2 Å². The molecular formula is C10H12Cl2S. The lowest BCUT2D eigenvalue weighted by Gasteiger charge is -2.01. The molecule has 3 heteroatoms. The number of thioether (sulfide) groups is 1. The molecule has 1 rings (SSSR count). The first-order valence-electron chi connectivity index (χ1n) is 4.31. The van der Waals surface area contributed by atoms with Gasteiger partial charge in [0.05, 0.1) is 0 Å². The molecule has 0 amide bonds. The Morgan fingerprint density at radius 3 is 2.31 bits per heavy atom. The molecule has 1 aromatic carbocycles. The van der Waals surface area contributed by atoms with E-state index in [-0.39, 0.29) is 0 Å². The van der Waals surface area contributed by atoms with Crippen LogP contribution in [0.15, 0.2) is 23.1 Å². The smallest absolute Gasteiger partial charge is 0.0431 e. The fourth-order valence-corrected chi connectivity index (χ4v) is 2.69. The zero-order chi connectivity index (χ0) is 9.68. The van der Waals surface area contributed by atoms with Crippen molar-refractivity contribution in [3.8, 4) is 0 Å². The zero-order valence-electron chi connectivity index (χ0n) is 7.52. The lowest BCUT2D eigenvalue weighted by Crippen LogP contribution is -1.78. The van der Waals surface area contributed by atoms with Gasteiger partial charge in [-0.25, -0.2) is 0 Å². The molecule has 0 aliphatic rings. The summed E-state index contributed by atoms with van der Waals surface area (Å²) in [4.78, 5) is 1.16. The highest BCUT2D eigenvalue weighted by Crippen LogP contribution is 2.26. The molecule has 0 nitrogen and oxygen atoms in total. The SMILES string of the molecule is CCCCSc1cc(Cl)cc(Cl)c1. The first-order chi connectivity index (χ1) is 6.22. The second kappa shape index (κ2) is 5.79. The third-order valence-corrected chi connectivity index (χ3v) is 3.10. The van der Waals surface area contributed by atoms with Crippen LogP contribution in [0.5, 0.6) is 0 Å². The van der Waals surface area contributed by atoms with Gasteiger partial charge in [-0.05, 0) is 30.4 Å². The topological polar surface area (TPSA) is 0 Å². The Hall–Kier alpha value is 0.150. The van der Waals surface area contributed by atoms with Crippen molar-refractivity contribution < 1.29 is 0 Å². The van der Waals surface area contributed by atoms with Gasteiger partial charge in [-0.15, -0.1) is 11.8 Å². The van der Waals surface area contributed by atoms with Crippen LogP contribution >= 0.6 is 35.0 Å². The van der Waals surface area contributed by atoms with Gasteiger partial charge >= 0.3 is 0 Å². The molecule has 0 heterocycles. The van der Waals surface area contributed by atoms with E-state index < -0.39 is 0 Å². The van der Waals surface area contributed by atoms with Crippen LogP contribution in [0.25, 0.3) is 0 Å². The second-order valence-electron chi connectivity index (χ2n) is 2.81. The normalized spacial score (nSPS) is 10.4. The predicted molar refractivity (Wildman–Crippen MR) is 62.1 cm³/mol. The third-order valence-electron chi connectivity index (χ3n) is 1.60. The molecule has 0 radical (unpaired) electrons. The molecule has 13 heavy (non-hydrogen) atoms. The lowest BCUT2D eigenvalue weighted by molar-refractivity contribution is 0.896. The van der Waals surface area contributed by atoms with Crippen LogP contribution in [0.3, 0.4) is 0 Å². The maximum absolute atomic E-state index is 5.87. The monoisotopic (exact) mass is 234 g/mol. The number of hydrogen-bond acceptors (Lipinski definition) is 1. The molecule has 0 fully saturated rings. The van der Waals surface area contributed by atoms with E-state index in [1.54, 1.807) is 17.8 Å². The summed E-state index contributed by atoms with van der Waals surface area (Å²) in [5, 5.41) is 1.43. The summed E-state index contributed by atoms with van der Waals surface area (Å²) in [6.45, 7) is 2.19. The number of unbranched alkanes of at least 4 members (excludes halogenated alkanes) is 1. The van der Waals surface area contributed by atoms with E-state index in [9.17, 15) is 0 Å². The van der Waals surface area contributed by atoms with Crippen molar-refractivity contribution in [2.45, 2.75) is 24.7 Å². The lowest BCUT2D eigenvalue weighted by atomic mass is 10.4. The molecule has 0 spiro atoms. The summed E-state index contributed by atoms with van der Waals surface area (Å²) in [5.41, 5.74) is 0. The molecule has 0 aromatic heterocycles. The van der Waals surface area contributed by atoms with Gasteiger partial charge < -0.3 is 0 Å². The van der Waals surface area contributed by atoms with Crippen LogP contribution < -0.4 is 0 Å². The van der Waals surface area contributed by atoms with Crippen LogP contribution in [0, 0.1) is 0 Å². The fraction of sp³-hybridized carbons (Fsp3) is 0.400. The molecule has 0 bridgehead atoms. The van der Waals surface area contributed by atoms with Crippen LogP contribution in [-0.2, 0) is 0 Å². The Morgan fingerprint density at radius 2 is 1.77 bits per heavy atom. The van der Waals surface area contributed by atoms with Crippen LogP contribution in [-0.4, -0.2) is 5.75 Å². The van der Waals surface area contributed by atoms with Gasteiger partial charge in [-0.3, -0.25) is 0 Å². The first-order valence-corrected chi connectivity index (χ1v) is 6.05. The summed E-state index contributed by atoms with van der Waals surface area (Å²) in [6, 6.07) is 5.66. The van der Waals surface area contributed by atoms with Gasteiger partial charge in [0, 0.05) is 14.9 Å². The average molecular weight is 235 g/mol. The fourth-order valence-electron chi connectivity index (χ4n) is 0.946. The van der Waals surface area contributed by atoms with Crippen LogP contribution in [0.2, 0.25) is 10.0 Å². The van der Waals surface area contributed by atoms with Crippen molar-refractivity contribution in [3.63, 3.8) is 0 Å². The molecule has 0 saturated heterocycles. The average Bonchev–Trinajstić information content (AvgIpc) is 2.03. The Labute approximate surface area is 93.6 Å².